The number of hydrogen-bond acceptors (Lipinski definition) is 3. The summed E-state index contributed by atoms with van der Waals surface area (Å²) in [5.74, 6) is -1.28. The fourth-order valence-electron chi connectivity index (χ4n) is 2.06. The van der Waals surface area contributed by atoms with Gasteiger partial charge in [-0.2, -0.15) is 5.10 Å². The number of carbonyl (C=O) groups is 2. The minimum atomic E-state index is -0.981. The van der Waals surface area contributed by atoms with Gasteiger partial charge < -0.3 is 5.11 Å². The summed E-state index contributed by atoms with van der Waals surface area (Å²) in [6.07, 6.45) is 1.47. The second-order valence-electron chi connectivity index (χ2n) is 6.45. The molecule has 0 saturated carbocycles. The molecule has 1 amide bonds. The molecule has 0 atom stereocenters. The molecule has 0 fully saturated rings. The number of aromatic carboxylic acids is 1. The van der Waals surface area contributed by atoms with Crippen LogP contribution >= 0.6 is 0 Å². The number of hydrazone groups is 1. The van der Waals surface area contributed by atoms with Gasteiger partial charge in [0.15, 0.2) is 0 Å². The summed E-state index contributed by atoms with van der Waals surface area (Å²) in [6, 6.07) is 13.6. The van der Waals surface area contributed by atoms with Crippen molar-refractivity contribution in [3.8, 4) is 0 Å². The minimum absolute atomic E-state index is 0.0370. The minimum Gasteiger partial charge on any atom is -0.478 e. The molecule has 24 heavy (non-hydrogen) atoms. The predicted molar refractivity (Wildman–Crippen MR) is 93.6 cm³/mol. The predicted octanol–water partition coefficient (Wildman–Crippen LogP) is 3.45. The third-order valence-corrected chi connectivity index (χ3v) is 3.55. The Morgan fingerprint density at radius 3 is 2.00 bits per heavy atom. The summed E-state index contributed by atoms with van der Waals surface area (Å²) in [6.45, 7) is 6.34. The van der Waals surface area contributed by atoms with Gasteiger partial charge in [0, 0.05) is 5.56 Å². The molecule has 0 aliphatic heterocycles. The maximum Gasteiger partial charge on any atom is 0.335 e. The van der Waals surface area contributed by atoms with Crippen LogP contribution in [0.15, 0.2) is 53.6 Å². The molecule has 2 aromatic rings. The van der Waals surface area contributed by atoms with Gasteiger partial charge in [0.1, 0.15) is 0 Å². The van der Waals surface area contributed by atoms with Crippen LogP contribution in [-0.4, -0.2) is 23.2 Å². The number of nitrogens with one attached hydrogen (secondary N) is 1. The van der Waals surface area contributed by atoms with Crippen molar-refractivity contribution in [2.24, 2.45) is 5.10 Å². The van der Waals surface area contributed by atoms with Gasteiger partial charge in [-0.1, -0.05) is 45.0 Å². The lowest BCUT2D eigenvalue weighted by Crippen LogP contribution is -2.18. The number of benzene rings is 2. The normalized spacial score (nSPS) is 11.5. The van der Waals surface area contributed by atoms with Crippen LogP contribution in [0.4, 0.5) is 0 Å². The van der Waals surface area contributed by atoms with Gasteiger partial charge in [0.2, 0.25) is 0 Å². The molecule has 5 nitrogen and oxygen atoms in total. The highest BCUT2D eigenvalue weighted by molar-refractivity contribution is 5.95. The number of amides is 1. The standard InChI is InChI=1S/C19H20N2O3/c1-19(2,3)16-10-8-14(9-11-16)17(22)21-20-12-13-4-6-15(7-5-13)18(23)24/h4-12H,1-3H3,(H,21,22)(H,23,24)/b20-12-. The van der Waals surface area contributed by atoms with E-state index >= 15 is 0 Å². The maximum atomic E-state index is 12.0. The quantitative estimate of drug-likeness (QED) is 0.668. The van der Waals surface area contributed by atoms with E-state index in [9.17, 15) is 9.59 Å². The monoisotopic (exact) mass is 324 g/mol. The van der Waals surface area contributed by atoms with Gasteiger partial charge in [0.25, 0.3) is 5.91 Å². The van der Waals surface area contributed by atoms with Crippen LogP contribution in [0.2, 0.25) is 0 Å². The first-order valence-electron chi connectivity index (χ1n) is 7.55. The Morgan fingerprint density at radius 2 is 1.50 bits per heavy atom. The summed E-state index contributed by atoms with van der Waals surface area (Å²) < 4.78 is 0. The van der Waals surface area contributed by atoms with Crippen LogP contribution in [-0.2, 0) is 5.41 Å². The van der Waals surface area contributed by atoms with Crippen LogP contribution in [0, 0.1) is 0 Å². The zero-order valence-corrected chi connectivity index (χ0v) is 13.9. The maximum absolute atomic E-state index is 12.0. The van der Waals surface area contributed by atoms with E-state index < -0.39 is 5.97 Å². The summed E-state index contributed by atoms with van der Waals surface area (Å²) in [5, 5.41) is 12.7. The van der Waals surface area contributed by atoms with Crippen LogP contribution in [0.1, 0.15) is 52.6 Å². The zero-order chi connectivity index (χ0) is 17.7. The van der Waals surface area contributed by atoms with E-state index in [0.717, 1.165) is 5.56 Å². The van der Waals surface area contributed by atoms with Crippen LogP contribution in [0.3, 0.4) is 0 Å². The number of carboxylic acids is 1. The van der Waals surface area contributed by atoms with E-state index in [2.05, 4.69) is 31.3 Å². The van der Waals surface area contributed by atoms with Crippen molar-refractivity contribution in [3.05, 3.63) is 70.8 Å². The molecule has 0 aliphatic rings. The molecule has 2 N–H and O–H groups in total. The average Bonchev–Trinajstić information content (AvgIpc) is 2.54. The van der Waals surface area contributed by atoms with Crippen molar-refractivity contribution >= 4 is 18.1 Å². The molecule has 124 valence electrons. The molecule has 0 aromatic heterocycles. The smallest absolute Gasteiger partial charge is 0.335 e. The third kappa shape index (κ3) is 4.52. The molecule has 0 saturated heterocycles. The Hall–Kier alpha value is -2.95. The van der Waals surface area contributed by atoms with Crippen molar-refractivity contribution < 1.29 is 14.7 Å². The van der Waals surface area contributed by atoms with E-state index in [4.69, 9.17) is 5.11 Å². The van der Waals surface area contributed by atoms with Crippen molar-refractivity contribution in [3.63, 3.8) is 0 Å². The molecular formula is C19H20N2O3. The Kier molecular flexibility index (Phi) is 5.14. The van der Waals surface area contributed by atoms with Gasteiger partial charge in [-0.25, -0.2) is 10.2 Å². The van der Waals surface area contributed by atoms with E-state index in [0.29, 0.717) is 11.1 Å². The molecular weight excluding hydrogens is 304 g/mol. The second kappa shape index (κ2) is 7.08. The summed E-state index contributed by atoms with van der Waals surface area (Å²) in [4.78, 5) is 22.8. The van der Waals surface area contributed by atoms with E-state index in [1.807, 2.05) is 12.1 Å². The first-order chi connectivity index (χ1) is 11.3. The molecule has 0 spiro atoms. The van der Waals surface area contributed by atoms with Gasteiger partial charge in [-0.15, -0.1) is 0 Å². The SMILES string of the molecule is CC(C)(C)c1ccc(C(=O)N/N=C\c2ccc(C(=O)O)cc2)cc1. The summed E-state index contributed by atoms with van der Waals surface area (Å²) >= 11 is 0. The molecule has 2 aromatic carbocycles. The van der Waals surface area contributed by atoms with Crippen LogP contribution in [0.5, 0.6) is 0 Å². The van der Waals surface area contributed by atoms with E-state index in [1.54, 1.807) is 24.3 Å². The van der Waals surface area contributed by atoms with E-state index in [1.165, 1.54) is 18.3 Å². The van der Waals surface area contributed by atoms with Gasteiger partial charge in [0.05, 0.1) is 11.8 Å². The fourth-order valence-corrected chi connectivity index (χ4v) is 2.06. The molecule has 0 heterocycles. The molecule has 2 rings (SSSR count). The molecule has 0 bridgehead atoms. The lowest BCUT2D eigenvalue weighted by atomic mass is 9.87. The number of rotatable bonds is 4. The Bertz CT molecular complexity index is 755. The highest BCUT2D eigenvalue weighted by Gasteiger charge is 2.14. The number of carboxylic acid groups (broad SMARTS) is 1. The van der Waals surface area contributed by atoms with E-state index in [-0.39, 0.29) is 16.9 Å². The summed E-state index contributed by atoms with van der Waals surface area (Å²) in [5.41, 5.74) is 5.08. The molecule has 0 aliphatic carbocycles. The Labute approximate surface area is 141 Å². The number of nitrogens with zero attached hydrogens (tertiary/aromatic N) is 1. The lowest BCUT2D eigenvalue weighted by molar-refractivity contribution is 0.0696. The second-order valence-corrected chi connectivity index (χ2v) is 6.45. The Morgan fingerprint density at radius 1 is 0.958 bits per heavy atom. The summed E-state index contributed by atoms with van der Waals surface area (Å²) in [7, 11) is 0. The highest BCUT2D eigenvalue weighted by Crippen LogP contribution is 2.22. The van der Waals surface area contributed by atoms with Crippen molar-refractivity contribution in [2.75, 3.05) is 0 Å². The molecule has 5 heteroatoms. The van der Waals surface area contributed by atoms with Gasteiger partial charge >= 0.3 is 5.97 Å². The largest absolute Gasteiger partial charge is 0.478 e. The highest BCUT2D eigenvalue weighted by atomic mass is 16.4. The van der Waals surface area contributed by atoms with Crippen molar-refractivity contribution in [1.29, 1.82) is 0 Å². The Balaban J connectivity index is 1.98. The first kappa shape index (κ1) is 17.4. The van der Waals surface area contributed by atoms with Crippen LogP contribution in [0.25, 0.3) is 0 Å². The van der Waals surface area contributed by atoms with Gasteiger partial charge in [-0.3, -0.25) is 4.79 Å². The molecule has 0 unspecified atom stereocenters. The van der Waals surface area contributed by atoms with Crippen molar-refractivity contribution in [1.82, 2.24) is 5.43 Å². The lowest BCUT2D eigenvalue weighted by Gasteiger charge is -2.18. The zero-order valence-electron chi connectivity index (χ0n) is 13.9. The average molecular weight is 324 g/mol. The van der Waals surface area contributed by atoms with Crippen LogP contribution < -0.4 is 5.43 Å². The topological polar surface area (TPSA) is 78.8 Å². The number of hydrogen-bond donors (Lipinski definition) is 2. The van der Waals surface area contributed by atoms with Gasteiger partial charge in [-0.05, 0) is 40.8 Å². The van der Waals surface area contributed by atoms with Crippen molar-refractivity contribution in [2.45, 2.75) is 26.2 Å². The molecule has 0 radical (unpaired) electrons. The number of carbonyl (C=O) groups excluding carboxylic acids is 1. The first-order valence-corrected chi connectivity index (χ1v) is 7.55. The fraction of sp³-hybridized carbons (Fsp3) is 0.211. The third-order valence-electron chi connectivity index (χ3n) is 3.55.